The van der Waals surface area contributed by atoms with Gasteiger partial charge in [0, 0.05) is 19.4 Å². The number of carbonyl (C=O) groups excluding carboxylic acids is 1. The van der Waals surface area contributed by atoms with Gasteiger partial charge in [-0.15, -0.1) is 0 Å². The first kappa shape index (κ1) is 12.1. The van der Waals surface area contributed by atoms with Crippen LogP contribution in [0.1, 0.15) is 22.8 Å². The first-order valence-corrected chi connectivity index (χ1v) is 6.73. The molecule has 98 valence electrons. The van der Waals surface area contributed by atoms with Crippen molar-refractivity contribution in [3.05, 3.63) is 40.5 Å². The van der Waals surface area contributed by atoms with Crippen LogP contribution in [0.15, 0.2) is 24.3 Å². The lowest BCUT2D eigenvalue weighted by molar-refractivity contribution is -0.116. The zero-order chi connectivity index (χ0) is 13.4. The monoisotopic (exact) mass is 277 g/mol. The maximum atomic E-state index is 13.3. The number of hydrogen-bond acceptors (Lipinski definition) is 4. The van der Waals surface area contributed by atoms with E-state index in [1.165, 1.54) is 23.5 Å². The van der Waals surface area contributed by atoms with E-state index >= 15 is 0 Å². The van der Waals surface area contributed by atoms with E-state index in [1.54, 1.807) is 13.1 Å². The summed E-state index contributed by atoms with van der Waals surface area (Å²) in [7, 11) is 1.78. The summed E-state index contributed by atoms with van der Waals surface area (Å²) in [6, 6.07) is 6.39. The standard InChI is InChI=1S/C13H12FN3OS/c1-15-13-17-12-11(19-13)9(6-10(18)16-12)7-3-2-4-8(14)5-7/h2-5,9H,6H2,1H3,(H,15,17)(H,16,18)/t9-/m0/s1. The molecule has 1 aromatic heterocycles. The second kappa shape index (κ2) is 4.62. The van der Waals surface area contributed by atoms with E-state index in [0.29, 0.717) is 12.2 Å². The largest absolute Gasteiger partial charge is 0.365 e. The number of thiazole rings is 1. The predicted octanol–water partition coefficient (Wildman–Crippen LogP) is 2.80. The van der Waals surface area contributed by atoms with Gasteiger partial charge in [-0.05, 0) is 17.7 Å². The summed E-state index contributed by atoms with van der Waals surface area (Å²) in [6.07, 6.45) is 0.321. The maximum Gasteiger partial charge on any atom is 0.226 e. The zero-order valence-corrected chi connectivity index (χ0v) is 11.1. The van der Waals surface area contributed by atoms with Crippen LogP contribution in [0.3, 0.4) is 0 Å². The molecular weight excluding hydrogens is 265 g/mol. The molecule has 1 aliphatic rings. The van der Waals surface area contributed by atoms with Crippen molar-refractivity contribution in [1.82, 2.24) is 4.98 Å². The van der Waals surface area contributed by atoms with Gasteiger partial charge in [0.25, 0.3) is 0 Å². The number of aromatic nitrogens is 1. The van der Waals surface area contributed by atoms with Gasteiger partial charge in [0.2, 0.25) is 5.91 Å². The third kappa shape index (κ3) is 2.19. The number of rotatable bonds is 2. The number of anilines is 2. The Labute approximate surface area is 113 Å². The van der Waals surface area contributed by atoms with Crippen LogP contribution >= 0.6 is 11.3 Å². The average molecular weight is 277 g/mol. The van der Waals surface area contributed by atoms with Crippen molar-refractivity contribution in [1.29, 1.82) is 0 Å². The van der Waals surface area contributed by atoms with E-state index in [4.69, 9.17) is 0 Å². The molecule has 3 rings (SSSR count). The molecule has 19 heavy (non-hydrogen) atoms. The lowest BCUT2D eigenvalue weighted by atomic mass is 9.91. The number of fused-ring (bicyclic) bond motifs is 1. The lowest BCUT2D eigenvalue weighted by Crippen LogP contribution is -2.22. The van der Waals surface area contributed by atoms with E-state index in [2.05, 4.69) is 15.6 Å². The molecule has 0 aliphatic carbocycles. The van der Waals surface area contributed by atoms with Gasteiger partial charge in [0.1, 0.15) is 11.6 Å². The van der Waals surface area contributed by atoms with Crippen LogP contribution in [-0.2, 0) is 4.79 Å². The average Bonchev–Trinajstić information content (AvgIpc) is 2.80. The number of hydrogen-bond donors (Lipinski definition) is 2. The molecule has 1 atom stereocenters. The maximum absolute atomic E-state index is 13.3. The Morgan fingerprint density at radius 1 is 1.53 bits per heavy atom. The number of amides is 1. The Morgan fingerprint density at radius 2 is 2.37 bits per heavy atom. The number of benzene rings is 1. The van der Waals surface area contributed by atoms with E-state index in [1.807, 2.05) is 6.07 Å². The topological polar surface area (TPSA) is 54.0 Å². The smallest absolute Gasteiger partial charge is 0.226 e. The van der Waals surface area contributed by atoms with Gasteiger partial charge < -0.3 is 10.6 Å². The minimum atomic E-state index is -0.289. The molecule has 2 N–H and O–H groups in total. The minimum Gasteiger partial charge on any atom is -0.365 e. The highest BCUT2D eigenvalue weighted by Crippen LogP contribution is 2.42. The SMILES string of the molecule is CNc1nc2c(s1)[C@H](c1cccc(F)c1)CC(=O)N2. The summed E-state index contributed by atoms with van der Waals surface area (Å²) >= 11 is 1.49. The van der Waals surface area contributed by atoms with E-state index < -0.39 is 0 Å². The van der Waals surface area contributed by atoms with Gasteiger partial charge in [0.15, 0.2) is 5.13 Å². The van der Waals surface area contributed by atoms with E-state index in [9.17, 15) is 9.18 Å². The highest BCUT2D eigenvalue weighted by molar-refractivity contribution is 7.16. The molecule has 0 radical (unpaired) electrons. The summed E-state index contributed by atoms with van der Waals surface area (Å²) < 4.78 is 13.3. The van der Waals surface area contributed by atoms with Crippen molar-refractivity contribution in [3.8, 4) is 0 Å². The van der Waals surface area contributed by atoms with Gasteiger partial charge >= 0.3 is 0 Å². The second-order valence-corrected chi connectivity index (χ2v) is 5.37. The fourth-order valence-electron chi connectivity index (χ4n) is 2.22. The van der Waals surface area contributed by atoms with Crippen LogP contribution in [0, 0.1) is 5.82 Å². The summed E-state index contributed by atoms with van der Waals surface area (Å²) in [4.78, 5) is 17.0. The molecule has 2 heterocycles. The molecule has 0 bridgehead atoms. The minimum absolute atomic E-state index is 0.0882. The van der Waals surface area contributed by atoms with Gasteiger partial charge in [-0.3, -0.25) is 4.79 Å². The molecule has 4 nitrogen and oxygen atoms in total. The van der Waals surface area contributed by atoms with Crippen LogP contribution < -0.4 is 10.6 Å². The molecule has 1 aromatic carbocycles. The Bertz CT molecular complexity index is 641. The van der Waals surface area contributed by atoms with Crippen LogP contribution in [-0.4, -0.2) is 17.9 Å². The van der Waals surface area contributed by atoms with Crippen molar-refractivity contribution in [3.63, 3.8) is 0 Å². The summed E-state index contributed by atoms with van der Waals surface area (Å²) in [6.45, 7) is 0. The first-order chi connectivity index (χ1) is 9.17. The molecule has 0 spiro atoms. The van der Waals surface area contributed by atoms with Crippen molar-refractivity contribution in [2.24, 2.45) is 0 Å². The quantitative estimate of drug-likeness (QED) is 0.887. The highest BCUT2D eigenvalue weighted by atomic mass is 32.1. The van der Waals surface area contributed by atoms with Crippen LogP contribution in [0.4, 0.5) is 15.3 Å². The fourth-order valence-corrected chi connectivity index (χ4v) is 3.22. The molecule has 0 saturated carbocycles. The predicted molar refractivity (Wildman–Crippen MR) is 73.2 cm³/mol. The van der Waals surface area contributed by atoms with Crippen molar-refractivity contribution >= 4 is 28.2 Å². The normalized spacial score (nSPS) is 17.8. The summed E-state index contributed by atoms with van der Waals surface area (Å²) in [5, 5.41) is 6.46. The van der Waals surface area contributed by atoms with Gasteiger partial charge in [0.05, 0.1) is 4.88 Å². The number of carbonyl (C=O) groups is 1. The van der Waals surface area contributed by atoms with Gasteiger partial charge in [-0.1, -0.05) is 23.5 Å². The lowest BCUT2D eigenvalue weighted by Gasteiger charge is -2.21. The third-order valence-corrected chi connectivity index (χ3v) is 4.27. The number of halogens is 1. The Hall–Kier alpha value is -1.95. The van der Waals surface area contributed by atoms with Crippen LogP contribution in [0.5, 0.6) is 0 Å². The van der Waals surface area contributed by atoms with E-state index in [-0.39, 0.29) is 17.6 Å². The molecule has 0 unspecified atom stereocenters. The summed E-state index contributed by atoms with van der Waals surface area (Å²) in [5.74, 6) is 0.0806. The highest BCUT2D eigenvalue weighted by Gasteiger charge is 2.30. The molecule has 2 aromatic rings. The Kier molecular flexibility index (Phi) is 2.94. The molecular formula is C13H12FN3OS. The Balaban J connectivity index is 2.07. The second-order valence-electron chi connectivity index (χ2n) is 4.34. The van der Waals surface area contributed by atoms with Crippen LogP contribution in [0.2, 0.25) is 0 Å². The fraction of sp³-hybridized carbons (Fsp3) is 0.231. The molecule has 1 amide bonds. The van der Waals surface area contributed by atoms with E-state index in [0.717, 1.165) is 15.6 Å². The molecule has 0 saturated heterocycles. The number of nitrogens with one attached hydrogen (secondary N) is 2. The third-order valence-electron chi connectivity index (χ3n) is 3.08. The Morgan fingerprint density at radius 3 is 3.11 bits per heavy atom. The van der Waals surface area contributed by atoms with Crippen molar-refractivity contribution < 1.29 is 9.18 Å². The molecule has 1 aliphatic heterocycles. The molecule has 6 heteroatoms. The van der Waals surface area contributed by atoms with Crippen molar-refractivity contribution in [2.45, 2.75) is 12.3 Å². The van der Waals surface area contributed by atoms with Gasteiger partial charge in [-0.2, -0.15) is 0 Å². The molecule has 0 fully saturated rings. The van der Waals surface area contributed by atoms with Crippen LogP contribution in [0.25, 0.3) is 0 Å². The number of nitrogens with zero attached hydrogens (tertiary/aromatic N) is 1. The first-order valence-electron chi connectivity index (χ1n) is 5.91. The summed E-state index contributed by atoms with van der Waals surface area (Å²) in [5.41, 5.74) is 0.808. The zero-order valence-electron chi connectivity index (χ0n) is 10.2. The van der Waals surface area contributed by atoms with Gasteiger partial charge in [-0.25, -0.2) is 9.37 Å². The van der Waals surface area contributed by atoms with Crippen molar-refractivity contribution in [2.75, 3.05) is 17.7 Å².